The number of anilines is 1. The molecule has 1 fully saturated rings. The first-order chi connectivity index (χ1) is 15.1. The molecule has 0 aromatic heterocycles. The fourth-order valence-electron chi connectivity index (χ4n) is 3.20. The Morgan fingerprint density at radius 2 is 1.84 bits per heavy atom. The van der Waals surface area contributed by atoms with Gasteiger partial charge in [-0.2, -0.15) is 4.31 Å². The molecule has 3 rings (SSSR count). The van der Waals surface area contributed by atoms with Gasteiger partial charge in [0, 0.05) is 36.5 Å². The lowest BCUT2D eigenvalue weighted by atomic mass is 10.1. The van der Waals surface area contributed by atoms with E-state index in [0.29, 0.717) is 13.1 Å². The molecule has 0 spiro atoms. The third kappa shape index (κ3) is 5.23. The van der Waals surface area contributed by atoms with E-state index in [2.05, 4.69) is 10.6 Å². The highest BCUT2D eigenvalue weighted by Gasteiger charge is 2.29. The van der Waals surface area contributed by atoms with E-state index < -0.39 is 32.8 Å². The number of nitro groups is 1. The maximum absolute atomic E-state index is 12.8. The smallest absolute Gasteiger partial charge is 0.270 e. The number of amides is 2. The molecule has 0 aliphatic carbocycles. The minimum absolute atomic E-state index is 0.0318. The Hall–Kier alpha value is -3.02. The van der Waals surface area contributed by atoms with Crippen molar-refractivity contribution in [3.63, 3.8) is 0 Å². The van der Waals surface area contributed by atoms with E-state index in [0.717, 1.165) is 18.9 Å². The van der Waals surface area contributed by atoms with Crippen molar-refractivity contribution < 1.29 is 22.9 Å². The van der Waals surface area contributed by atoms with E-state index in [1.807, 2.05) is 0 Å². The highest BCUT2D eigenvalue weighted by Crippen LogP contribution is 2.29. The molecule has 170 valence electrons. The summed E-state index contributed by atoms with van der Waals surface area (Å²) in [5.74, 6) is -1.26. The molecular weight excluding hydrogens is 460 g/mol. The molecule has 1 saturated heterocycles. The Morgan fingerprint density at radius 3 is 2.50 bits per heavy atom. The fraction of sp³-hybridized carbons (Fsp3) is 0.300. The number of non-ortho nitro benzene ring substituents is 1. The van der Waals surface area contributed by atoms with Crippen LogP contribution in [0, 0.1) is 10.1 Å². The lowest BCUT2D eigenvalue weighted by Gasteiger charge is -2.18. The van der Waals surface area contributed by atoms with Crippen molar-refractivity contribution >= 4 is 44.8 Å². The van der Waals surface area contributed by atoms with Crippen molar-refractivity contribution in [3.8, 4) is 0 Å². The van der Waals surface area contributed by atoms with Gasteiger partial charge < -0.3 is 10.6 Å². The number of hydrogen-bond acceptors (Lipinski definition) is 6. The second-order valence-electron chi connectivity index (χ2n) is 7.25. The first kappa shape index (κ1) is 23.6. The van der Waals surface area contributed by atoms with Gasteiger partial charge in [-0.15, -0.1) is 0 Å². The molecule has 2 aromatic rings. The first-order valence-corrected chi connectivity index (χ1v) is 11.6. The van der Waals surface area contributed by atoms with Crippen molar-refractivity contribution in [1.82, 2.24) is 9.62 Å². The number of nitro benzene ring substituents is 1. The lowest BCUT2D eigenvalue weighted by molar-refractivity contribution is -0.384. The number of nitrogens with one attached hydrogen (secondary N) is 2. The molecule has 0 saturated carbocycles. The van der Waals surface area contributed by atoms with Crippen molar-refractivity contribution in [2.24, 2.45) is 0 Å². The summed E-state index contributed by atoms with van der Waals surface area (Å²) in [4.78, 5) is 35.0. The number of sulfonamides is 1. The van der Waals surface area contributed by atoms with Gasteiger partial charge in [-0.3, -0.25) is 19.7 Å². The van der Waals surface area contributed by atoms with Crippen LogP contribution in [0.3, 0.4) is 0 Å². The van der Waals surface area contributed by atoms with Crippen LogP contribution < -0.4 is 10.6 Å². The molecule has 10 nitrogen and oxygen atoms in total. The summed E-state index contributed by atoms with van der Waals surface area (Å²) in [5.41, 5.74) is -0.0133. The van der Waals surface area contributed by atoms with Crippen LogP contribution in [0.25, 0.3) is 0 Å². The zero-order chi connectivity index (χ0) is 23.5. The van der Waals surface area contributed by atoms with Gasteiger partial charge in [0.2, 0.25) is 15.9 Å². The summed E-state index contributed by atoms with van der Waals surface area (Å²) in [6.45, 7) is 2.26. The Bertz CT molecular complexity index is 1160. The van der Waals surface area contributed by atoms with Crippen LogP contribution in [0.2, 0.25) is 5.02 Å². The molecule has 0 bridgehead atoms. The van der Waals surface area contributed by atoms with E-state index in [1.54, 1.807) is 0 Å². The van der Waals surface area contributed by atoms with Crippen LogP contribution in [0.4, 0.5) is 11.4 Å². The number of nitrogens with zero attached hydrogens (tertiary/aromatic N) is 2. The van der Waals surface area contributed by atoms with Gasteiger partial charge in [0.1, 0.15) is 10.9 Å². The maximum Gasteiger partial charge on any atom is 0.270 e. The monoisotopic (exact) mass is 480 g/mol. The number of halogens is 1. The fourth-order valence-corrected chi connectivity index (χ4v) is 5.22. The van der Waals surface area contributed by atoms with Gasteiger partial charge in [-0.05, 0) is 44.0 Å². The highest BCUT2D eigenvalue weighted by atomic mass is 35.5. The van der Waals surface area contributed by atoms with E-state index in [4.69, 9.17) is 11.6 Å². The molecule has 2 amide bonds. The molecule has 12 heteroatoms. The Morgan fingerprint density at radius 1 is 1.16 bits per heavy atom. The molecule has 1 aliphatic rings. The average molecular weight is 481 g/mol. The second-order valence-corrected chi connectivity index (χ2v) is 9.56. The van der Waals surface area contributed by atoms with Crippen LogP contribution in [-0.4, -0.2) is 48.6 Å². The van der Waals surface area contributed by atoms with Crippen molar-refractivity contribution in [2.45, 2.75) is 30.7 Å². The molecule has 1 atom stereocenters. The van der Waals surface area contributed by atoms with Gasteiger partial charge in [0.15, 0.2) is 0 Å². The van der Waals surface area contributed by atoms with Crippen molar-refractivity contribution in [2.75, 3.05) is 18.4 Å². The largest absolute Gasteiger partial charge is 0.341 e. The van der Waals surface area contributed by atoms with Crippen LogP contribution >= 0.6 is 11.6 Å². The van der Waals surface area contributed by atoms with E-state index >= 15 is 0 Å². The molecule has 1 aliphatic heterocycles. The van der Waals surface area contributed by atoms with Gasteiger partial charge >= 0.3 is 0 Å². The quantitative estimate of drug-likeness (QED) is 0.461. The SMILES string of the molecule is CC(NC(=O)c1cccc([N+](=O)[O-])c1)C(=O)Nc1ccc(Cl)c(S(=O)(=O)N2CCCC2)c1. The second kappa shape index (κ2) is 9.63. The lowest BCUT2D eigenvalue weighted by Crippen LogP contribution is -2.41. The Balaban J connectivity index is 1.71. The molecule has 32 heavy (non-hydrogen) atoms. The highest BCUT2D eigenvalue weighted by molar-refractivity contribution is 7.89. The van der Waals surface area contributed by atoms with Gasteiger partial charge in [0.05, 0.1) is 9.95 Å². The van der Waals surface area contributed by atoms with Crippen LogP contribution in [0.1, 0.15) is 30.1 Å². The van der Waals surface area contributed by atoms with Gasteiger partial charge in [-0.1, -0.05) is 17.7 Å². The summed E-state index contributed by atoms with van der Waals surface area (Å²) in [7, 11) is -3.79. The first-order valence-electron chi connectivity index (χ1n) is 9.75. The predicted octanol–water partition coefficient (Wildman–Crippen LogP) is 2.79. The van der Waals surface area contributed by atoms with E-state index in [1.165, 1.54) is 47.6 Å². The minimum atomic E-state index is -3.79. The van der Waals surface area contributed by atoms with Gasteiger partial charge in [0.25, 0.3) is 11.6 Å². The van der Waals surface area contributed by atoms with Gasteiger partial charge in [-0.25, -0.2) is 8.42 Å². The normalized spacial score (nSPS) is 15.2. The van der Waals surface area contributed by atoms with E-state index in [-0.39, 0.29) is 26.9 Å². The number of rotatable bonds is 7. The van der Waals surface area contributed by atoms with Crippen LogP contribution in [0.15, 0.2) is 47.4 Å². The Kier molecular flexibility index (Phi) is 7.12. The number of benzene rings is 2. The van der Waals surface area contributed by atoms with Crippen LogP contribution in [0.5, 0.6) is 0 Å². The molecule has 1 unspecified atom stereocenters. The number of carbonyl (C=O) groups excluding carboxylic acids is 2. The van der Waals surface area contributed by atoms with Crippen molar-refractivity contribution in [3.05, 3.63) is 63.2 Å². The minimum Gasteiger partial charge on any atom is -0.341 e. The summed E-state index contributed by atoms with van der Waals surface area (Å²) in [6.07, 6.45) is 1.55. The predicted molar refractivity (Wildman–Crippen MR) is 118 cm³/mol. The summed E-state index contributed by atoms with van der Waals surface area (Å²) < 4.78 is 27.0. The molecule has 2 N–H and O–H groups in total. The molecule has 0 radical (unpaired) electrons. The summed E-state index contributed by atoms with van der Waals surface area (Å²) >= 11 is 6.11. The van der Waals surface area contributed by atoms with Crippen LogP contribution in [-0.2, 0) is 14.8 Å². The molecular formula is C20H21ClN4O6S. The van der Waals surface area contributed by atoms with E-state index in [9.17, 15) is 28.1 Å². The zero-order valence-corrected chi connectivity index (χ0v) is 18.6. The standard InChI is InChI=1S/C20H21ClN4O6S/c1-13(22-20(27)14-5-4-6-16(11-14)25(28)29)19(26)23-15-7-8-17(21)18(12-15)32(30,31)24-9-2-3-10-24/h4-8,11-13H,2-3,9-10H2,1H3,(H,22,27)(H,23,26). The maximum atomic E-state index is 12.8. The van der Waals surface area contributed by atoms with Crippen molar-refractivity contribution in [1.29, 1.82) is 0 Å². The topological polar surface area (TPSA) is 139 Å². The number of hydrogen-bond donors (Lipinski definition) is 2. The molecule has 1 heterocycles. The third-order valence-corrected chi connectivity index (χ3v) is 7.32. The Labute approximate surface area is 189 Å². The zero-order valence-electron chi connectivity index (χ0n) is 17.1. The molecule has 2 aromatic carbocycles. The summed E-state index contributed by atoms with van der Waals surface area (Å²) in [6, 6.07) is 8.23. The summed E-state index contributed by atoms with van der Waals surface area (Å²) in [5, 5.41) is 15.9. The number of carbonyl (C=O) groups is 2. The third-order valence-electron chi connectivity index (χ3n) is 4.94. The average Bonchev–Trinajstić information content (AvgIpc) is 3.31.